The second-order valence-electron chi connectivity index (χ2n) is 7.23. The van der Waals surface area contributed by atoms with Crippen molar-refractivity contribution < 1.29 is 18.0 Å². The number of oxazole rings is 1. The Morgan fingerprint density at radius 2 is 1.74 bits per heavy atom. The van der Waals surface area contributed by atoms with Gasteiger partial charge in [-0.15, -0.1) is 0 Å². The van der Waals surface area contributed by atoms with Crippen molar-refractivity contribution in [2.45, 2.75) is 32.7 Å². The predicted molar refractivity (Wildman–Crippen MR) is 115 cm³/mol. The topological polar surface area (TPSA) is 58.4 Å². The number of rotatable bonds is 10. The predicted octanol–water partition coefficient (Wildman–Crippen LogP) is 4.75. The van der Waals surface area contributed by atoms with Gasteiger partial charge < -0.3 is 14.6 Å². The molecule has 0 bridgehead atoms. The number of nitrogens with one attached hydrogen (secondary N) is 1. The Balaban J connectivity index is 1.63. The summed E-state index contributed by atoms with van der Waals surface area (Å²) in [5, 5.41) is 3.09. The number of aromatic nitrogens is 1. The molecule has 2 aromatic carbocycles. The van der Waals surface area contributed by atoms with E-state index in [1.54, 1.807) is 0 Å². The second-order valence-corrected chi connectivity index (χ2v) is 7.23. The smallest absolute Gasteiger partial charge is 0.221 e. The molecule has 0 fully saturated rings. The average molecular weight is 427 g/mol. The maximum atomic E-state index is 13.9. The van der Waals surface area contributed by atoms with Crippen LogP contribution in [0.2, 0.25) is 0 Å². The van der Waals surface area contributed by atoms with Crippen molar-refractivity contribution in [2.24, 2.45) is 0 Å². The van der Waals surface area contributed by atoms with E-state index < -0.39 is 11.6 Å². The molecule has 0 aliphatic heterocycles. The first-order valence-electron chi connectivity index (χ1n) is 10.5. The number of hydrogen-bond donors (Lipinski definition) is 1. The number of amides is 1. The number of carbonyl (C=O) groups excluding carboxylic acids is 1. The Hall–Kier alpha value is -3.06. The van der Waals surface area contributed by atoms with Gasteiger partial charge in [-0.2, -0.15) is 0 Å². The van der Waals surface area contributed by atoms with Crippen molar-refractivity contribution in [1.29, 1.82) is 0 Å². The van der Waals surface area contributed by atoms with Gasteiger partial charge in [0.2, 0.25) is 5.91 Å². The van der Waals surface area contributed by atoms with Gasteiger partial charge in [-0.1, -0.05) is 50.2 Å². The van der Waals surface area contributed by atoms with Gasteiger partial charge in [-0.3, -0.25) is 4.79 Å². The highest BCUT2D eigenvalue weighted by molar-refractivity contribution is 5.76. The van der Waals surface area contributed by atoms with E-state index in [0.29, 0.717) is 6.54 Å². The molecule has 0 aliphatic carbocycles. The molecule has 0 aliphatic rings. The van der Waals surface area contributed by atoms with E-state index in [4.69, 9.17) is 4.42 Å². The molecule has 7 heteroatoms. The van der Waals surface area contributed by atoms with Crippen LogP contribution < -0.4 is 5.32 Å². The molecule has 3 rings (SSSR count). The summed E-state index contributed by atoms with van der Waals surface area (Å²) in [6.07, 6.45) is 1.66. The molecule has 1 heterocycles. The normalized spacial score (nSPS) is 12.2. The lowest BCUT2D eigenvalue weighted by Gasteiger charge is -2.26. The highest BCUT2D eigenvalue weighted by Gasteiger charge is 2.19. The molecule has 1 amide bonds. The molecule has 1 atom stereocenters. The van der Waals surface area contributed by atoms with E-state index in [1.807, 2.05) is 30.3 Å². The fraction of sp³-hybridized carbons (Fsp3) is 0.333. The standard InChI is InChI=1S/C24H27F2N3O2/c1-3-29(4-2)16-20(17-9-6-5-7-10-17)28-22(30)13-14-23-27-15-21(31-23)24-18(25)11-8-12-19(24)26/h5-12,15,20H,3-4,13-14,16H2,1-2H3,(H,28,30). The monoisotopic (exact) mass is 427 g/mol. The van der Waals surface area contributed by atoms with Crippen LogP contribution in [0.1, 0.15) is 37.8 Å². The number of benzene rings is 2. The third-order valence-electron chi connectivity index (χ3n) is 5.20. The molecule has 0 spiro atoms. The Morgan fingerprint density at radius 3 is 2.39 bits per heavy atom. The molecule has 5 nitrogen and oxygen atoms in total. The van der Waals surface area contributed by atoms with Crippen molar-refractivity contribution in [1.82, 2.24) is 15.2 Å². The summed E-state index contributed by atoms with van der Waals surface area (Å²) in [7, 11) is 0. The van der Waals surface area contributed by atoms with Crippen molar-refractivity contribution in [2.75, 3.05) is 19.6 Å². The first-order chi connectivity index (χ1) is 15.0. The highest BCUT2D eigenvalue weighted by Crippen LogP contribution is 2.26. The van der Waals surface area contributed by atoms with Crippen LogP contribution in [0.25, 0.3) is 11.3 Å². The molecular formula is C24H27F2N3O2. The number of halogens is 2. The van der Waals surface area contributed by atoms with Gasteiger partial charge in [0.15, 0.2) is 11.7 Å². The largest absolute Gasteiger partial charge is 0.441 e. The van der Waals surface area contributed by atoms with Crippen LogP contribution in [-0.4, -0.2) is 35.4 Å². The van der Waals surface area contributed by atoms with Crippen molar-refractivity contribution >= 4 is 5.91 Å². The molecular weight excluding hydrogens is 400 g/mol. The van der Waals surface area contributed by atoms with E-state index in [-0.39, 0.29) is 42.0 Å². The lowest BCUT2D eigenvalue weighted by atomic mass is 10.1. The average Bonchev–Trinajstić information content (AvgIpc) is 3.24. The molecule has 0 saturated heterocycles. The molecule has 3 aromatic rings. The van der Waals surface area contributed by atoms with Crippen LogP contribution in [0, 0.1) is 11.6 Å². The SMILES string of the molecule is CCN(CC)CC(NC(=O)CCc1ncc(-c2c(F)cccc2F)o1)c1ccccc1. The molecule has 31 heavy (non-hydrogen) atoms. The van der Waals surface area contributed by atoms with Crippen molar-refractivity contribution in [3.63, 3.8) is 0 Å². The van der Waals surface area contributed by atoms with Gasteiger partial charge in [0.05, 0.1) is 17.8 Å². The van der Waals surface area contributed by atoms with Gasteiger partial charge in [0, 0.05) is 19.4 Å². The first-order valence-corrected chi connectivity index (χ1v) is 10.5. The van der Waals surface area contributed by atoms with E-state index in [1.165, 1.54) is 12.3 Å². The fourth-order valence-electron chi connectivity index (χ4n) is 3.42. The highest BCUT2D eigenvalue weighted by atomic mass is 19.1. The van der Waals surface area contributed by atoms with Crippen LogP contribution in [0.3, 0.4) is 0 Å². The Kier molecular flexibility index (Phi) is 7.89. The molecule has 1 aromatic heterocycles. The van der Waals surface area contributed by atoms with Gasteiger partial charge in [-0.25, -0.2) is 13.8 Å². The van der Waals surface area contributed by atoms with Crippen LogP contribution in [0.5, 0.6) is 0 Å². The summed E-state index contributed by atoms with van der Waals surface area (Å²) in [6, 6.07) is 13.3. The maximum absolute atomic E-state index is 13.9. The lowest BCUT2D eigenvalue weighted by molar-refractivity contribution is -0.122. The summed E-state index contributed by atoms with van der Waals surface area (Å²) >= 11 is 0. The zero-order valence-corrected chi connectivity index (χ0v) is 17.8. The molecule has 1 N–H and O–H groups in total. The molecule has 164 valence electrons. The van der Waals surface area contributed by atoms with Gasteiger partial charge >= 0.3 is 0 Å². The van der Waals surface area contributed by atoms with E-state index in [2.05, 4.69) is 29.0 Å². The minimum Gasteiger partial charge on any atom is -0.441 e. The summed E-state index contributed by atoms with van der Waals surface area (Å²) in [6.45, 7) is 6.67. The number of aryl methyl sites for hydroxylation is 1. The van der Waals surface area contributed by atoms with E-state index >= 15 is 0 Å². The fourth-order valence-corrected chi connectivity index (χ4v) is 3.42. The van der Waals surface area contributed by atoms with Crippen molar-refractivity contribution in [3.8, 4) is 11.3 Å². The quantitative estimate of drug-likeness (QED) is 0.507. The van der Waals surface area contributed by atoms with Gasteiger partial charge in [0.1, 0.15) is 11.6 Å². The van der Waals surface area contributed by atoms with Crippen LogP contribution in [0.15, 0.2) is 59.1 Å². The van der Waals surface area contributed by atoms with Crippen molar-refractivity contribution in [3.05, 3.63) is 77.8 Å². The third-order valence-corrected chi connectivity index (χ3v) is 5.20. The van der Waals surface area contributed by atoms with Crippen LogP contribution in [-0.2, 0) is 11.2 Å². The summed E-state index contributed by atoms with van der Waals surface area (Å²) < 4.78 is 33.4. The zero-order valence-electron chi connectivity index (χ0n) is 17.8. The minimum absolute atomic E-state index is 0.00898. The number of likely N-dealkylation sites (N-methyl/N-ethyl adjacent to an activating group) is 1. The number of hydrogen-bond acceptors (Lipinski definition) is 4. The summed E-state index contributed by atoms with van der Waals surface area (Å²) in [5.41, 5.74) is 0.783. The van der Waals surface area contributed by atoms with Gasteiger partial charge in [-0.05, 0) is 30.8 Å². The minimum atomic E-state index is -0.720. The molecule has 0 radical (unpaired) electrons. The molecule has 0 saturated carbocycles. The molecule has 1 unspecified atom stereocenters. The lowest BCUT2D eigenvalue weighted by Crippen LogP contribution is -2.38. The zero-order chi connectivity index (χ0) is 22.2. The van der Waals surface area contributed by atoms with E-state index in [0.717, 1.165) is 30.8 Å². The summed E-state index contributed by atoms with van der Waals surface area (Å²) in [4.78, 5) is 18.9. The number of nitrogens with zero attached hydrogens (tertiary/aromatic N) is 2. The number of carbonyl (C=O) groups is 1. The summed E-state index contributed by atoms with van der Waals surface area (Å²) in [5.74, 6) is -1.31. The third kappa shape index (κ3) is 5.98. The first kappa shape index (κ1) is 22.6. The Morgan fingerprint density at radius 1 is 1.06 bits per heavy atom. The van der Waals surface area contributed by atoms with Crippen LogP contribution >= 0.6 is 0 Å². The maximum Gasteiger partial charge on any atom is 0.221 e. The van der Waals surface area contributed by atoms with Gasteiger partial charge in [0.25, 0.3) is 0 Å². The van der Waals surface area contributed by atoms with E-state index in [9.17, 15) is 13.6 Å². The second kappa shape index (κ2) is 10.8. The van der Waals surface area contributed by atoms with Crippen LogP contribution in [0.4, 0.5) is 8.78 Å². The Bertz CT molecular complexity index is 967. The Labute approximate surface area is 181 Å².